The molecule has 0 saturated carbocycles. The lowest BCUT2D eigenvalue weighted by Crippen LogP contribution is -2.31. The standard InChI is InChI=1S/C11H18N2O/c1-14-11-10(3-2-6-13-11)9-4-7-12-8-5-9/h2-3,9,12-13H,4-8H2,1H3. The number of hydrogen-bond donors (Lipinski definition) is 2. The molecule has 2 aliphatic heterocycles. The van der Waals surface area contributed by atoms with E-state index < -0.39 is 0 Å². The van der Waals surface area contributed by atoms with Gasteiger partial charge in [-0.3, -0.25) is 0 Å². The zero-order chi connectivity index (χ0) is 9.80. The van der Waals surface area contributed by atoms with E-state index in [1.54, 1.807) is 7.11 Å². The Morgan fingerprint density at radius 2 is 2.14 bits per heavy atom. The van der Waals surface area contributed by atoms with Gasteiger partial charge in [0.15, 0.2) is 5.88 Å². The molecule has 14 heavy (non-hydrogen) atoms. The van der Waals surface area contributed by atoms with Crippen LogP contribution in [0.1, 0.15) is 12.8 Å². The molecule has 0 bridgehead atoms. The van der Waals surface area contributed by atoms with Crippen LogP contribution in [-0.2, 0) is 4.74 Å². The van der Waals surface area contributed by atoms with Crippen molar-refractivity contribution in [3.05, 3.63) is 23.6 Å². The smallest absolute Gasteiger partial charge is 0.190 e. The topological polar surface area (TPSA) is 33.3 Å². The predicted octanol–water partition coefficient (Wildman–Crippen LogP) is 1.00. The summed E-state index contributed by atoms with van der Waals surface area (Å²) < 4.78 is 5.35. The van der Waals surface area contributed by atoms with Gasteiger partial charge in [-0.1, -0.05) is 12.2 Å². The molecule has 78 valence electrons. The summed E-state index contributed by atoms with van der Waals surface area (Å²) in [4.78, 5) is 0. The Morgan fingerprint density at radius 3 is 2.86 bits per heavy atom. The Bertz CT molecular complexity index is 252. The van der Waals surface area contributed by atoms with Crippen LogP contribution in [0.5, 0.6) is 0 Å². The Balaban J connectivity index is 2.12. The molecular weight excluding hydrogens is 176 g/mol. The van der Waals surface area contributed by atoms with E-state index in [2.05, 4.69) is 22.8 Å². The van der Waals surface area contributed by atoms with Crippen LogP contribution in [0.3, 0.4) is 0 Å². The summed E-state index contributed by atoms with van der Waals surface area (Å²) in [7, 11) is 1.74. The maximum Gasteiger partial charge on any atom is 0.190 e. The summed E-state index contributed by atoms with van der Waals surface area (Å²) in [5.41, 5.74) is 1.35. The Hall–Kier alpha value is -0.960. The van der Waals surface area contributed by atoms with Crippen LogP contribution in [-0.4, -0.2) is 26.7 Å². The maximum absolute atomic E-state index is 5.35. The third kappa shape index (κ3) is 1.93. The monoisotopic (exact) mass is 194 g/mol. The normalized spacial score (nSPS) is 23.5. The molecule has 0 amide bonds. The predicted molar refractivity (Wildman–Crippen MR) is 56.8 cm³/mol. The molecule has 0 aromatic heterocycles. The number of rotatable bonds is 2. The Morgan fingerprint density at radius 1 is 1.36 bits per heavy atom. The molecule has 0 unspecified atom stereocenters. The Kier molecular flexibility index (Phi) is 3.09. The molecule has 0 aromatic carbocycles. The van der Waals surface area contributed by atoms with Crippen LogP contribution >= 0.6 is 0 Å². The minimum atomic E-state index is 0.662. The number of ether oxygens (including phenoxy) is 1. The van der Waals surface area contributed by atoms with Gasteiger partial charge in [0.1, 0.15) is 0 Å². The lowest BCUT2D eigenvalue weighted by molar-refractivity contribution is 0.250. The highest BCUT2D eigenvalue weighted by Gasteiger charge is 2.21. The van der Waals surface area contributed by atoms with Crippen LogP contribution in [0.4, 0.5) is 0 Å². The molecule has 2 N–H and O–H groups in total. The van der Waals surface area contributed by atoms with Crippen LogP contribution in [0, 0.1) is 5.92 Å². The molecule has 0 spiro atoms. The van der Waals surface area contributed by atoms with E-state index in [0.29, 0.717) is 5.92 Å². The summed E-state index contributed by atoms with van der Waals surface area (Å²) in [6.45, 7) is 3.13. The zero-order valence-corrected chi connectivity index (χ0v) is 8.68. The number of nitrogens with one attached hydrogen (secondary N) is 2. The first-order valence-electron chi connectivity index (χ1n) is 5.31. The molecule has 2 aliphatic rings. The van der Waals surface area contributed by atoms with E-state index in [0.717, 1.165) is 25.5 Å². The van der Waals surface area contributed by atoms with Gasteiger partial charge in [-0.15, -0.1) is 0 Å². The Labute approximate surface area is 85.2 Å². The molecule has 2 rings (SSSR count). The second kappa shape index (κ2) is 4.51. The van der Waals surface area contributed by atoms with Crippen molar-refractivity contribution in [3.63, 3.8) is 0 Å². The molecule has 3 nitrogen and oxygen atoms in total. The first-order chi connectivity index (χ1) is 6.92. The molecule has 1 saturated heterocycles. The van der Waals surface area contributed by atoms with Crippen molar-refractivity contribution >= 4 is 0 Å². The van der Waals surface area contributed by atoms with E-state index >= 15 is 0 Å². The SMILES string of the molecule is COC1=C(C2CCNCC2)C=CCN1. The summed E-state index contributed by atoms with van der Waals surface area (Å²) >= 11 is 0. The van der Waals surface area contributed by atoms with E-state index in [4.69, 9.17) is 4.74 Å². The number of piperidine rings is 1. The van der Waals surface area contributed by atoms with Crippen molar-refractivity contribution in [2.24, 2.45) is 5.92 Å². The third-order valence-electron chi connectivity index (χ3n) is 2.92. The van der Waals surface area contributed by atoms with Gasteiger partial charge in [0.25, 0.3) is 0 Å². The fourth-order valence-corrected chi connectivity index (χ4v) is 2.16. The second-order valence-electron chi connectivity index (χ2n) is 3.80. The van der Waals surface area contributed by atoms with Crippen LogP contribution in [0.2, 0.25) is 0 Å². The average molecular weight is 194 g/mol. The quantitative estimate of drug-likeness (QED) is 0.688. The number of allylic oxidation sites excluding steroid dienone is 2. The maximum atomic E-state index is 5.35. The molecule has 0 aliphatic carbocycles. The molecule has 0 radical (unpaired) electrons. The first-order valence-corrected chi connectivity index (χ1v) is 5.31. The van der Waals surface area contributed by atoms with Gasteiger partial charge in [-0.2, -0.15) is 0 Å². The van der Waals surface area contributed by atoms with E-state index in [9.17, 15) is 0 Å². The van der Waals surface area contributed by atoms with Crippen molar-refractivity contribution < 1.29 is 4.74 Å². The van der Waals surface area contributed by atoms with Crippen LogP contribution in [0.15, 0.2) is 23.6 Å². The minimum Gasteiger partial charge on any atom is -0.482 e. The van der Waals surface area contributed by atoms with Gasteiger partial charge >= 0.3 is 0 Å². The highest BCUT2D eigenvalue weighted by Crippen LogP contribution is 2.26. The summed E-state index contributed by atoms with van der Waals surface area (Å²) in [5.74, 6) is 1.63. The number of dihydropyridines is 1. The third-order valence-corrected chi connectivity index (χ3v) is 2.92. The fraction of sp³-hybridized carbons (Fsp3) is 0.636. The van der Waals surface area contributed by atoms with Crippen molar-refractivity contribution in [1.29, 1.82) is 0 Å². The van der Waals surface area contributed by atoms with Crippen LogP contribution in [0.25, 0.3) is 0 Å². The number of hydrogen-bond acceptors (Lipinski definition) is 3. The molecular formula is C11H18N2O. The van der Waals surface area contributed by atoms with E-state index in [1.807, 2.05) is 0 Å². The lowest BCUT2D eigenvalue weighted by atomic mass is 9.89. The summed E-state index contributed by atoms with van der Waals surface area (Å²) in [6.07, 6.45) is 6.81. The summed E-state index contributed by atoms with van der Waals surface area (Å²) in [6, 6.07) is 0. The summed E-state index contributed by atoms with van der Waals surface area (Å²) in [5, 5.41) is 6.65. The van der Waals surface area contributed by atoms with Crippen molar-refractivity contribution in [3.8, 4) is 0 Å². The molecule has 3 heteroatoms. The number of methoxy groups -OCH3 is 1. The lowest BCUT2D eigenvalue weighted by Gasteiger charge is -2.27. The van der Waals surface area contributed by atoms with Crippen molar-refractivity contribution in [2.75, 3.05) is 26.7 Å². The van der Waals surface area contributed by atoms with Crippen LogP contribution < -0.4 is 10.6 Å². The van der Waals surface area contributed by atoms with E-state index in [1.165, 1.54) is 18.4 Å². The van der Waals surface area contributed by atoms with Gasteiger partial charge < -0.3 is 15.4 Å². The second-order valence-corrected chi connectivity index (χ2v) is 3.80. The van der Waals surface area contributed by atoms with Gasteiger partial charge in [-0.05, 0) is 31.8 Å². The average Bonchev–Trinajstić information content (AvgIpc) is 2.30. The fourth-order valence-electron chi connectivity index (χ4n) is 2.16. The highest BCUT2D eigenvalue weighted by molar-refractivity contribution is 5.28. The van der Waals surface area contributed by atoms with Gasteiger partial charge in [0.05, 0.1) is 7.11 Å². The molecule has 0 atom stereocenters. The van der Waals surface area contributed by atoms with Crippen molar-refractivity contribution in [1.82, 2.24) is 10.6 Å². The molecule has 0 aromatic rings. The van der Waals surface area contributed by atoms with Gasteiger partial charge in [-0.25, -0.2) is 0 Å². The largest absolute Gasteiger partial charge is 0.482 e. The molecule has 1 fully saturated rings. The molecule has 2 heterocycles. The zero-order valence-electron chi connectivity index (χ0n) is 8.68. The highest BCUT2D eigenvalue weighted by atomic mass is 16.5. The first kappa shape index (κ1) is 9.59. The van der Waals surface area contributed by atoms with E-state index in [-0.39, 0.29) is 0 Å². The van der Waals surface area contributed by atoms with Gasteiger partial charge in [0, 0.05) is 12.1 Å². The van der Waals surface area contributed by atoms with Gasteiger partial charge in [0.2, 0.25) is 0 Å². The minimum absolute atomic E-state index is 0.662. The van der Waals surface area contributed by atoms with Crippen molar-refractivity contribution in [2.45, 2.75) is 12.8 Å².